The number of hydrogen-bond acceptors (Lipinski definition) is 2. The highest BCUT2D eigenvalue weighted by Gasteiger charge is 2.24. The number of nitrogens with zero attached hydrogens (tertiary/aromatic N) is 2. The van der Waals surface area contributed by atoms with Crippen LogP contribution in [-0.2, 0) is 0 Å². The number of hydrogen-bond donors (Lipinski definition) is 1. The molecule has 1 heterocycles. The van der Waals surface area contributed by atoms with E-state index in [-0.39, 0.29) is 5.24 Å². The molecule has 0 bridgehead atoms. The summed E-state index contributed by atoms with van der Waals surface area (Å²) in [6.45, 7) is 2.05. The molecule has 3 nitrogen and oxygen atoms in total. The number of carbonyl (C=O) groups excluding carboxylic acids is 1. The minimum Gasteiger partial charge on any atom is -0.333 e. The monoisotopic (exact) mass is 174 g/mol. The molecule has 0 aliphatic carbocycles. The van der Waals surface area contributed by atoms with Gasteiger partial charge in [-0.25, -0.2) is 0 Å². The highest BCUT2D eigenvalue weighted by Crippen LogP contribution is 2.13. The third-order valence-electron chi connectivity index (χ3n) is 2.22. The van der Waals surface area contributed by atoms with Crippen LogP contribution < -0.4 is 0 Å². The first-order valence-electron chi connectivity index (χ1n) is 3.75. The van der Waals surface area contributed by atoms with Gasteiger partial charge in [0.25, 0.3) is 5.24 Å². The third kappa shape index (κ3) is 2.10. The maximum absolute atomic E-state index is 10.8. The van der Waals surface area contributed by atoms with Crippen molar-refractivity contribution >= 4 is 17.9 Å². The molecule has 1 rings (SSSR count). The van der Waals surface area contributed by atoms with Crippen LogP contribution in [0.1, 0.15) is 6.42 Å². The van der Waals surface area contributed by atoms with E-state index in [4.69, 9.17) is 0 Å². The molecule has 0 aromatic rings. The Bertz CT molecular complexity index is 163. The summed E-state index contributed by atoms with van der Waals surface area (Å²) < 4.78 is 0. The zero-order valence-electron chi connectivity index (χ0n) is 6.95. The zero-order valence-corrected chi connectivity index (χ0v) is 7.84. The molecule has 0 N–H and O–H groups in total. The average Bonchev–Trinajstić information content (AvgIpc) is 2.34. The van der Waals surface area contributed by atoms with E-state index in [2.05, 4.69) is 24.6 Å². The Labute approximate surface area is 72.8 Å². The second kappa shape index (κ2) is 3.45. The van der Waals surface area contributed by atoms with Crippen molar-refractivity contribution in [1.82, 2.24) is 9.80 Å². The van der Waals surface area contributed by atoms with Crippen LogP contribution in [0, 0.1) is 0 Å². The van der Waals surface area contributed by atoms with Crippen LogP contribution in [0.5, 0.6) is 0 Å². The van der Waals surface area contributed by atoms with E-state index in [0.717, 1.165) is 19.5 Å². The summed E-state index contributed by atoms with van der Waals surface area (Å²) in [6, 6.07) is 0.366. The largest absolute Gasteiger partial charge is 0.333 e. The molecular weight excluding hydrogens is 160 g/mol. The van der Waals surface area contributed by atoms with Crippen LogP contribution in [0.3, 0.4) is 0 Å². The van der Waals surface area contributed by atoms with Crippen LogP contribution in [-0.4, -0.2) is 48.3 Å². The Hall–Kier alpha value is -0.220. The molecule has 0 aromatic heterocycles. The van der Waals surface area contributed by atoms with E-state index in [1.807, 2.05) is 0 Å². The van der Waals surface area contributed by atoms with Crippen molar-refractivity contribution < 1.29 is 4.79 Å². The lowest BCUT2D eigenvalue weighted by Crippen LogP contribution is -2.35. The number of rotatable bonds is 1. The highest BCUT2D eigenvalue weighted by molar-refractivity contribution is 7.96. The van der Waals surface area contributed by atoms with Gasteiger partial charge in [0.2, 0.25) is 0 Å². The lowest BCUT2D eigenvalue weighted by atomic mass is 10.2. The highest BCUT2D eigenvalue weighted by atomic mass is 32.1. The molecule has 1 atom stereocenters. The van der Waals surface area contributed by atoms with Crippen molar-refractivity contribution in [3.63, 3.8) is 0 Å². The van der Waals surface area contributed by atoms with E-state index in [0.29, 0.717) is 6.04 Å². The fourth-order valence-electron chi connectivity index (χ4n) is 1.38. The first-order chi connectivity index (χ1) is 5.11. The Morgan fingerprint density at radius 1 is 1.73 bits per heavy atom. The molecule has 1 aliphatic rings. The summed E-state index contributed by atoms with van der Waals surface area (Å²) in [5.74, 6) is 0. The van der Waals surface area contributed by atoms with Crippen molar-refractivity contribution in [3.8, 4) is 0 Å². The molecule has 1 aliphatic heterocycles. The van der Waals surface area contributed by atoms with Gasteiger partial charge in [-0.2, -0.15) is 0 Å². The summed E-state index contributed by atoms with van der Waals surface area (Å²) in [5.41, 5.74) is 0. The summed E-state index contributed by atoms with van der Waals surface area (Å²) in [5, 5.41) is -0.134. The van der Waals surface area contributed by atoms with Crippen molar-refractivity contribution in [3.05, 3.63) is 0 Å². The average molecular weight is 174 g/mol. The number of likely N-dealkylation sites (N-methyl/N-ethyl adjacent to an activating group) is 2. The molecule has 1 fully saturated rings. The van der Waals surface area contributed by atoms with Gasteiger partial charge in [0.15, 0.2) is 0 Å². The van der Waals surface area contributed by atoms with Crippen molar-refractivity contribution in [2.75, 3.05) is 27.2 Å². The van der Waals surface area contributed by atoms with Crippen LogP contribution in [0.2, 0.25) is 0 Å². The van der Waals surface area contributed by atoms with Gasteiger partial charge >= 0.3 is 0 Å². The van der Waals surface area contributed by atoms with Crippen LogP contribution in [0.4, 0.5) is 4.79 Å². The maximum atomic E-state index is 10.8. The normalized spacial score (nSPS) is 25.5. The molecule has 0 saturated carbocycles. The minimum atomic E-state index is -0.134. The first-order valence-corrected chi connectivity index (χ1v) is 4.20. The lowest BCUT2D eigenvalue weighted by molar-refractivity contribution is 0.216. The van der Waals surface area contributed by atoms with Gasteiger partial charge in [-0.1, -0.05) is 12.6 Å². The Kier molecular flexibility index (Phi) is 2.78. The van der Waals surface area contributed by atoms with Gasteiger partial charge in [0.05, 0.1) is 0 Å². The molecule has 4 heteroatoms. The molecule has 1 saturated heterocycles. The molecular formula is C7H14N2OS. The van der Waals surface area contributed by atoms with Gasteiger partial charge in [0, 0.05) is 19.6 Å². The predicted molar refractivity (Wildman–Crippen MR) is 48.0 cm³/mol. The quantitative estimate of drug-likeness (QED) is 0.591. The van der Waals surface area contributed by atoms with Crippen LogP contribution >= 0.6 is 12.6 Å². The standard InChI is InChI=1S/C7H14N2OS/c1-8-4-3-6(5-8)9(2)7(10)11/h6H,3-5H2,1-2H3,(H,10,11). The van der Waals surface area contributed by atoms with E-state index in [1.54, 1.807) is 11.9 Å². The number of thiol groups is 1. The predicted octanol–water partition coefficient (Wildman–Crippen LogP) is 0.672. The molecule has 11 heavy (non-hydrogen) atoms. The number of likely N-dealkylation sites (tertiary alicyclic amines) is 1. The lowest BCUT2D eigenvalue weighted by Gasteiger charge is -2.21. The SMILES string of the molecule is CN1CCC(N(C)C(=O)S)C1. The first kappa shape index (κ1) is 8.87. The Morgan fingerprint density at radius 3 is 2.73 bits per heavy atom. The van der Waals surface area contributed by atoms with Gasteiger partial charge in [-0.15, -0.1) is 0 Å². The fraction of sp³-hybridized carbons (Fsp3) is 0.857. The van der Waals surface area contributed by atoms with Crippen molar-refractivity contribution in [1.29, 1.82) is 0 Å². The Morgan fingerprint density at radius 2 is 2.36 bits per heavy atom. The van der Waals surface area contributed by atoms with E-state index in [9.17, 15) is 4.79 Å². The zero-order chi connectivity index (χ0) is 8.43. The third-order valence-corrected chi connectivity index (χ3v) is 2.53. The second-order valence-corrected chi connectivity index (χ2v) is 3.48. The molecule has 64 valence electrons. The summed E-state index contributed by atoms with van der Waals surface area (Å²) in [4.78, 5) is 14.7. The van der Waals surface area contributed by atoms with Crippen LogP contribution in [0.25, 0.3) is 0 Å². The Balaban J connectivity index is 2.43. The van der Waals surface area contributed by atoms with Crippen molar-refractivity contribution in [2.24, 2.45) is 0 Å². The topological polar surface area (TPSA) is 23.6 Å². The van der Waals surface area contributed by atoms with Crippen molar-refractivity contribution in [2.45, 2.75) is 12.5 Å². The molecule has 0 spiro atoms. The number of carbonyl (C=O) groups is 1. The molecule has 0 radical (unpaired) electrons. The second-order valence-electron chi connectivity index (χ2n) is 3.10. The van der Waals surface area contributed by atoms with Gasteiger partial charge < -0.3 is 9.80 Å². The molecule has 1 unspecified atom stereocenters. The van der Waals surface area contributed by atoms with E-state index in [1.165, 1.54) is 0 Å². The summed E-state index contributed by atoms with van der Waals surface area (Å²) >= 11 is 3.77. The van der Waals surface area contributed by atoms with Gasteiger partial charge in [-0.3, -0.25) is 4.79 Å². The maximum Gasteiger partial charge on any atom is 0.278 e. The smallest absolute Gasteiger partial charge is 0.278 e. The van der Waals surface area contributed by atoms with Gasteiger partial charge in [0.1, 0.15) is 0 Å². The van der Waals surface area contributed by atoms with Gasteiger partial charge in [-0.05, 0) is 20.0 Å². The minimum absolute atomic E-state index is 0.134. The molecule has 0 aromatic carbocycles. The number of amides is 1. The van der Waals surface area contributed by atoms with E-state index >= 15 is 0 Å². The summed E-state index contributed by atoms with van der Waals surface area (Å²) in [7, 11) is 3.87. The van der Waals surface area contributed by atoms with E-state index < -0.39 is 0 Å². The van der Waals surface area contributed by atoms with Crippen LogP contribution in [0.15, 0.2) is 0 Å². The fourth-order valence-corrected chi connectivity index (χ4v) is 1.55. The molecule has 1 amide bonds. The summed E-state index contributed by atoms with van der Waals surface area (Å²) in [6.07, 6.45) is 1.07.